The molecule has 0 saturated heterocycles. The molecule has 1 heterocycles. The first kappa shape index (κ1) is 23.3. The van der Waals surface area contributed by atoms with Crippen LogP contribution >= 0.6 is 11.3 Å². The molecule has 3 N–H and O–H groups in total. The van der Waals surface area contributed by atoms with Crippen molar-refractivity contribution in [3.63, 3.8) is 0 Å². The number of allylic oxidation sites excluding steroid dienone is 1. The van der Waals surface area contributed by atoms with E-state index in [1.54, 1.807) is 31.4 Å². The molecule has 2 amide bonds. The van der Waals surface area contributed by atoms with Crippen LogP contribution < -0.4 is 15.5 Å². The summed E-state index contributed by atoms with van der Waals surface area (Å²) in [7, 11) is 1.75. The molecule has 3 rings (SSSR count). The number of nitrogens with zero attached hydrogens (tertiary/aromatic N) is 1. The molecule has 1 aromatic carbocycles. The minimum Gasteiger partial charge on any atom is -0.393 e. The predicted octanol–water partition coefficient (Wildman–Crippen LogP) is 4.11. The van der Waals surface area contributed by atoms with Crippen LogP contribution in [0.1, 0.15) is 48.6 Å². The summed E-state index contributed by atoms with van der Waals surface area (Å²) in [5.41, 5.74) is 1.88. The Hall–Kier alpha value is -3.37. The van der Waals surface area contributed by atoms with Crippen molar-refractivity contribution < 1.29 is 9.59 Å². The molecule has 166 valence electrons. The molecule has 1 fully saturated rings. The number of benzene rings is 1. The zero-order chi connectivity index (χ0) is 22.9. The second kappa shape index (κ2) is 11.3. The second-order valence-electron chi connectivity index (χ2n) is 7.66. The molecule has 6 nitrogen and oxygen atoms in total. The van der Waals surface area contributed by atoms with Gasteiger partial charge in [-0.1, -0.05) is 37.5 Å². The first-order valence-electron chi connectivity index (χ1n) is 10.7. The number of anilines is 1. The quantitative estimate of drug-likeness (QED) is 0.420. The average molecular weight is 449 g/mol. The largest absolute Gasteiger partial charge is 0.393 e. The molecule has 1 aliphatic rings. The lowest BCUT2D eigenvalue weighted by molar-refractivity contribution is -0.125. The smallest absolute Gasteiger partial charge is 0.303 e. The Morgan fingerprint density at radius 3 is 2.66 bits per heavy atom. The third-order valence-electron chi connectivity index (χ3n) is 5.53. The summed E-state index contributed by atoms with van der Waals surface area (Å²) in [4.78, 5) is 28.6. The van der Waals surface area contributed by atoms with Gasteiger partial charge in [-0.25, -0.2) is 0 Å². The third kappa shape index (κ3) is 5.45. The lowest BCUT2D eigenvalue weighted by atomic mass is 9.95. The molecule has 0 bridgehead atoms. The Balaban J connectivity index is 2.03. The van der Waals surface area contributed by atoms with E-state index in [4.69, 9.17) is 11.8 Å². The molecular formula is C25H28N4O2S. The Kier molecular flexibility index (Phi) is 8.23. The van der Waals surface area contributed by atoms with Crippen molar-refractivity contribution in [2.45, 2.75) is 44.2 Å². The van der Waals surface area contributed by atoms with Gasteiger partial charge in [-0.15, -0.1) is 17.8 Å². The highest BCUT2D eigenvalue weighted by atomic mass is 32.1. The van der Waals surface area contributed by atoms with Crippen LogP contribution in [-0.2, 0) is 9.59 Å². The number of nitrogens with one attached hydrogen (secondary N) is 3. The maximum absolute atomic E-state index is 13.5. The number of hydrogen-bond donors (Lipinski definition) is 3. The second-order valence-corrected chi connectivity index (χ2v) is 8.64. The maximum atomic E-state index is 13.5. The van der Waals surface area contributed by atoms with Gasteiger partial charge in [-0.2, -0.15) is 0 Å². The number of thiophene rings is 1. The fourth-order valence-corrected chi connectivity index (χ4v) is 4.81. The average Bonchev–Trinajstić information content (AvgIpc) is 3.35. The van der Waals surface area contributed by atoms with E-state index in [0.29, 0.717) is 11.3 Å². The number of amides is 2. The van der Waals surface area contributed by atoms with Crippen LogP contribution in [0.15, 0.2) is 48.0 Å². The van der Waals surface area contributed by atoms with Crippen LogP contribution in [0.5, 0.6) is 0 Å². The Morgan fingerprint density at radius 2 is 2.03 bits per heavy atom. The molecule has 1 aromatic heterocycles. The molecule has 0 radical (unpaired) electrons. The Labute approximate surface area is 193 Å². The van der Waals surface area contributed by atoms with Gasteiger partial charge in [0.1, 0.15) is 0 Å². The van der Waals surface area contributed by atoms with E-state index < -0.39 is 11.9 Å². The zero-order valence-corrected chi connectivity index (χ0v) is 19.0. The van der Waals surface area contributed by atoms with Crippen LogP contribution in [0.3, 0.4) is 0 Å². The van der Waals surface area contributed by atoms with Gasteiger partial charge in [0.25, 0.3) is 0 Å². The van der Waals surface area contributed by atoms with Crippen LogP contribution in [0.4, 0.5) is 5.69 Å². The topological polar surface area (TPSA) is 85.3 Å². The van der Waals surface area contributed by atoms with Gasteiger partial charge in [0.05, 0.1) is 0 Å². The van der Waals surface area contributed by atoms with Crippen molar-refractivity contribution >= 4 is 40.6 Å². The molecule has 0 aliphatic heterocycles. The minimum absolute atomic E-state index is 0.107. The van der Waals surface area contributed by atoms with Gasteiger partial charge < -0.3 is 16.0 Å². The summed E-state index contributed by atoms with van der Waals surface area (Å²) >= 11 is 1.41. The highest BCUT2D eigenvalue weighted by Crippen LogP contribution is 2.32. The van der Waals surface area contributed by atoms with Crippen LogP contribution in [-0.4, -0.2) is 31.1 Å². The van der Waals surface area contributed by atoms with Crippen molar-refractivity contribution in [1.29, 1.82) is 5.41 Å². The van der Waals surface area contributed by atoms with Crippen molar-refractivity contribution in [1.82, 2.24) is 10.6 Å². The fourth-order valence-electron chi connectivity index (χ4n) is 4.00. The first-order chi connectivity index (χ1) is 15.6. The van der Waals surface area contributed by atoms with Crippen LogP contribution in [0.2, 0.25) is 0 Å². The molecule has 1 saturated carbocycles. The van der Waals surface area contributed by atoms with E-state index in [-0.39, 0.29) is 11.9 Å². The van der Waals surface area contributed by atoms with Gasteiger partial charge in [0, 0.05) is 41.6 Å². The van der Waals surface area contributed by atoms with Crippen molar-refractivity contribution in [2.75, 3.05) is 11.9 Å². The summed E-state index contributed by atoms with van der Waals surface area (Å²) in [6.45, 7) is 0. The first-order valence-corrected chi connectivity index (χ1v) is 11.6. The van der Waals surface area contributed by atoms with Gasteiger partial charge in [-0.05, 0) is 47.9 Å². The maximum Gasteiger partial charge on any atom is 0.303 e. The highest BCUT2D eigenvalue weighted by molar-refractivity contribution is 7.10. The molecular weight excluding hydrogens is 420 g/mol. The minimum atomic E-state index is -0.868. The van der Waals surface area contributed by atoms with Crippen molar-refractivity contribution in [2.24, 2.45) is 0 Å². The number of hydrogen-bond acceptors (Lipinski definition) is 5. The lowest BCUT2D eigenvalue weighted by Crippen LogP contribution is -2.46. The van der Waals surface area contributed by atoms with E-state index in [0.717, 1.165) is 36.1 Å². The highest BCUT2D eigenvalue weighted by Gasteiger charge is 2.34. The van der Waals surface area contributed by atoms with Crippen molar-refractivity contribution in [3.05, 3.63) is 58.4 Å². The summed E-state index contributed by atoms with van der Waals surface area (Å²) in [6.07, 6.45) is 13.7. The Morgan fingerprint density at radius 1 is 1.25 bits per heavy atom. The molecule has 32 heavy (non-hydrogen) atoms. The number of terminal acetylenes is 1. The summed E-state index contributed by atoms with van der Waals surface area (Å²) < 4.78 is 0. The fraction of sp³-hybridized carbons (Fsp3) is 0.320. The van der Waals surface area contributed by atoms with Gasteiger partial charge in [0.15, 0.2) is 6.04 Å². The van der Waals surface area contributed by atoms with Crippen LogP contribution in [0, 0.1) is 17.8 Å². The van der Waals surface area contributed by atoms with E-state index >= 15 is 0 Å². The predicted molar refractivity (Wildman–Crippen MR) is 131 cm³/mol. The van der Waals surface area contributed by atoms with E-state index in [2.05, 4.69) is 16.6 Å². The van der Waals surface area contributed by atoms with Crippen molar-refractivity contribution in [3.8, 4) is 12.3 Å². The monoisotopic (exact) mass is 448 g/mol. The molecule has 7 heteroatoms. The molecule has 0 spiro atoms. The van der Waals surface area contributed by atoms with Gasteiger partial charge in [0.2, 0.25) is 5.91 Å². The normalized spacial score (nSPS) is 15.3. The zero-order valence-electron chi connectivity index (χ0n) is 18.1. The third-order valence-corrected chi connectivity index (χ3v) is 6.45. The Bertz CT molecular complexity index is 1020. The summed E-state index contributed by atoms with van der Waals surface area (Å²) in [6, 6.07) is 10.1. The van der Waals surface area contributed by atoms with Gasteiger partial charge in [-0.3, -0.25) is 14.5 Å². The van der Waals surface area contributed by atoms with Crippen LogP contribution in [0.25, 0.3) is 5.57 Å². The SMILES string of the molecule is C#CC(=O)N(c1cccc(/C(C=N)=C/NC)c1)C(C(=O)NC1CCCCC1)c1cccs1. The standard InChI is InChI=1S/C25H28N4O2S/c1-3-23(30)29(21-12-7-9-18(15-21)19(16-26)17-27-2)24(22-13-8-14-32-22)25(31)28-20-10-5-4-6-11-20/h1,7-9,12-17,20,24,26-27H,4-6,10-11H2,2H3,(H,28,31)/b19-17+,26-16?. The summed E-state index contributed by atoms with van der Waals surface area (Å²) in [5, 5.41) is 15.7. The molecule has 1 aliphatic carbocycles. The number of rotatable bonds is 8. The van der Waals surface area contributed by atoms with E-state index in [1.165, 1.54) is 28.9 Å². The molecule has 1 atom stereocenters. The number of carbonyl (C=O) groups excluding carboxylic acids is 2. The number of carbonyl (C=O) groups is 2. The van der Waals surface area contributed by atoms with E-state index in [1.807, 2.05) is 23.6 Å². The van der Waals surface area contributed by atoms with Gasteiger partial charge >= 0.3 is 5.91 Å². The summed E-state index contributed by atoms with van der Waals surface area (Å²) in [5.74, 6) is 1.37. The molecule has 2 aromatic rings. The lowest BCUT2D eigenvalue weighted by Gasteiger charge is -2.31. The van der Waals surface area contributed by atoms with E-state index in [9.17, 15) is 9.59 Å². The molecule has 1 unspecified atom stereocenters.